The summed E-state index contributed by atoms with van der Waals surface area (Å²) in [6.45, 7) is 2.05. The minimum atomic E-state index is -4.66. The normalized spacial score (nSPS) is 14.8. The van der Waals surface area contributed by atoms with Crippen LogP contribution in [0.1, 0.15) is 142 Å². The highest BCUT2D eigenvalue weighted by Gasteiger charge is 2.26. The molecule has 314 valence electrons. The zero-order valence-corrected chi connectivity index (χ0v) is 34.7. The van der Waals surface area contributed by atoms with Gasteiger partial charge in [-0.2, -0.15) is 0 Å². The van der Waals surface area contributed by atoms with E-state index in [1.807, 2.05) is 18.2 Å². The van der Waals surface area contributed by atoms with Crippen molar-refractivity contribution in [3.63, 3.8) is 0 Å². The van der Waals surface area contributed by atoms with Crippen molar-refractivity contribution in [2.45, 2.75) is 154 Å². The SMILES string of the molecule is CC/C=C/C/C=C/C/C=C/C/C=C/C/C=C/CCCC(=O)OC[C@H](COP(=O)(O)OC[C@@H](O)CO)OC(=O)/C=C/C=C/CCCCCCCCCCCCC. The van der Waals surface area contributed by atoms with Crippen LogP contribution in [0.2, 0.25) is 0 Å². The van der Waals surface area contributed by atoms with E-state index in [1.54, 1.807) is 12.2 Å². The van der Waals surface area contributed by atoms with E-state index < -0.39 is 58.4 Å². The number of hydrogen-bond acceptors (Lipinski definition) is 9. The number of unbranched alkanes of at least 4 members (excludes halogenated alkanes) is 12. The van der Waals surface area contributed by atoms with Gasteiger partial charge in [-0.3, -0.25) is 13.8 Å². The number of phosphoric ester groups is 1. The largest absolute Gasteiger partial charge is 0.472 e. The molecule has 0 aromatic heterocycles. The number of hydrogen-bond donors (Lipinski definition) is 3. The molecule has 11 heteroatoms. The Bertz CT molecular complexity index is 1190. The van der Waals surface area contributed by atoms with E-state index in [1.165, 1.54) is 70.3 Å². The molecule has 0 radical (unpaired) electrons. The van der Waals surface area contributed by atoms with E-state index in [2.05, 4.69) is 67.0 Å². The Hall–Kier alpha value is -2.85. The quantitative estimate of drug-likeness (QED) is 0.0139. The number of esters is 2. The standard InChI is InChI=1S/C44H73O10P/c1-3-5-7-9-11-13-15-17-19-20-22-23-25-27-29-31-33-35-43(47)51-39-42(40-53-55(49,50)52-38-41(46)37-45)54-44(48)36-34-32-30-28-26-24-21-18-16-14-12-10-8-6-4-2/h5,7,11,13,17,19,22-23,27,29-30,32,34,36,41-42,45-46H,3-4,6,8-10,12,14-16,18,20-21,24-26,28,31,33,35,37-40H2,1-2H3,(H,49,50)/b7-5+,13-11+,19-17+,23-22+,29-27+,32-30+,36-34+/t41-,42+/m0/s1. The van der Waals surface area contributed by atoms with Crippen LogP contribution in [-0.2, 0) is 32.7 Å². The molecule has 0 aliphatic heterocycles. The summed E-state index contributed by atoms with van der Waals surface area (Å²) < 4.78 is 32.4. The van der Waals surface area contributed by atoms with Gasteiger partial charge >= 0.3 is 19.8 Å². The maximum absolute atomic E-state index is 12.5. The molecule has 0 aliphatic carbocycles. The molecule has 10 nitrogen and oxygen atoms in total. The molecule has 0 rings (SSSR count). The lowest BCUT2D eigenvalue weighted by molar-refractivity contribution is -0.157. The Balaban J connectivity index is 4.54. The number of phosphoric acid groups is 1. The molecule has 0 aromatic carbocycles. The minimum Gasteiger partial charge on any atom is -0.462 e. The molecule has 0 aliphatic rings. The van der Waals surface area contributed by atoms with Crippen LogP contribution < -0.4 is 0 Å². The van der Waals surface area contributed by atoms with Crippen molar-refractivity contribution in [1.29, 1.82) is 0 Å². The smallest absolute Gasteiger partial charge is 0.462 e. The molecule has 0 aromatic rings. The first-order chi connectivity index (χ1) is 26.7. The van der Waals surface area contributed by atoms with Gasteiger partial charge in [-0.05, 0) is 57.8 Å². The van der Waals surface area contributed by atoms with E-state index in [4.69, 9.17) is 19.1 Å². The maximum Gasteiger partial charge on any atom is 0.472 e. The Morgan fingerprint density at radius 1 is 0.618 bits per heavy atom. The van der Waals surface area contributed by atoms with Crippen molar-refractivity contribution in [2.24, 2.45) is 0 Å². The fourth-order valence-electron chi connectivity index (χ4n) is 4.99. The van der Waals surface area contributed by atoms with E-state index in [-0.39, 0.29) is 6.42 Å². The van der Waals surface area contributed by atoms with Crippen LogP contribution in [0, 0.1) is 0 Å². The molecule has 55 heavy (non-hydrogen) atoms. The van der Waals surface area contributed by atoms with E-state index in [0.29, 0.717) is 12.8 Å². The zero-order chi connectivity index (χ0) is 40.5. The fraction of sp³-hybridized carbons (Fsp3) is 0.636. The number of aliphatic hydroxyl groups excluding tert-OH is 2. The first-order valence-corrected chi connectivity index (χ1v) is 22.1. The Kier molecular flexibility index (Phi) is 37.3. The summed E-state index contributed by atoms with van der Waals surface area (Å²) in [5, 5.41) is 18.3. The summed E-state index contributed by atoms with van der Waals surface area (Å²) in [4.78, 5) is 34.8. The highest BCUT2D eigenvalue weighted by atomic mass is 31.2. The molecule has 0 fully saturated rings. The van der Waals surface area contributed by atoms with Crippen LogP contribution in [0.15, 0.2) is 85.1 Å². The molecule has 0 amide bonds. The Labute approximate surface area is 332 Å². The predicted octanol–water partition coefficient (Wildman–Crippen LogP) is 10.7. The summed E-state index contributed by atoms with van der Waals surface area (Å²) >= 11 is 0. The first-order valence-electron chi connectivity index (χ1n) is 20.6. The van der Waals surface area contributed by atoms with Crippen LogP contribution >= 0.6 is 7.82 Å². The molecular formula is C44H73O10P. The number of carbonyl (C=O) groups is 2. The second-order valence-electron chi connectivity index (χ2n) is 13.4. The van der Waals surface area contributed by atoms with Gasteiger partial charge < -0.3 is 24.6 Å². The highest BCUT2D eigenvalue weighted by Crippen LogP contribution is 2.43. The summed E-state index contributed by atoms with van der Waals surface area (Å²) in [7, 11) is -4.66. The highest BCUT2D eigenvalue weighted by molar-refractivity contribution is 7.47. The van der Waals surface area contributed by atoms with Gasteiger partial charge in [0.1, 0.15) is 12.7 Å². The molecule has 3 atom stereocenters. The summed E-state index contributed by atoms with van der Waals surface area (Å²) in [6.07, 6.45) is 46.2. The van der Waals surface area contributed by atoms with Crippen LogP contribution in [0.3, 0.4) is 0 Å². The minimum absolute atomic E-state index is 0.139. The second-order valence-corrected chi connectivity index (χ2v) is 14.8. The van der Waals surface area contributed by atoms with Crippen molar-refractivity contribution >= 4 is 19.8 Å². The lowest BCUT2D eigenvalue weighted by atomic mass is 10.1. The third-order valence-corrected chi connectivity index (χ3v) is 9.09. The van der Waals surface area contributed by atoms with Crippen molar-refractivity contribution in [3.05, 3.63) is 85.1 Å². The van der Waals surface area contributed by atoms with E-state index >= 15 is 0 Å². The number of allylic oxidation sites excluding steroid dienone is 13. The van der Waals surface area contributed by atoms with Gasteiger partial charge in [0.2, 0.25) is 0 Å². The van der Waals surface area contributed by atoms with Crippen LogP contribution in [-0.4, -0.2) is 65.7 Å². The summed E-state index contributed by atoms with van der Waals surface area (Å²) in [6, 6.07) is 0. The number of aliphatic hydroxyl groups is 2. The maximum atomic E-state index is 12.5. The molecule has 1 unspecified atom stereocenters. The fourth-order valence-corrected chi connectivity index (χ4v) is 5.78. The third-order valence-electron chi connectivity index (χ3n) is 8.14. The molecule has 0 saturated heterocycles. The van der Waals surface area contributed by atoms with Gasteiger partial charge in [0.15, 0.2) is 6.10 Å². The molecule has 3 N–H and O–H groups in total. The number of rotatable bonds is 37. The molecule has 0 spiro atoms. The first kappa shape index (κ1) is 52.2. The van der Waals surface area contributed by atoms with Crippen molar-refractivity contribution in [1.82, 2.24) is 0 Å². The zero-order valence-electron chi connectivity index (χ0n) is 33.9. The topological polar surface area (TPSA) is 149 Å². The number of ether oxygens (including phenoxy) is 2. The van der Waals surface area contributed by atoms with Crippen molar-refractivity contribution < 1.29 is 47.8 Å². The van der Waals surface area contributed by atoms with Crippen LogP contribution in [0.5, 0.6) is 0 Å². The molecule has 0 heterocycles. The van der Waals surface area contributed by atoms with Gasteiger partial charge in [0, 0.05) is 12.5 Å². The summed E-state index contributed by atoms with van der Waals surface area (Å²) in [5.74, 6) is -1.25. The lowest BCUT2D eigenvalue weighted by Crippen LogP contribution is -2.29. The van der Waals surface area contributed by atoms with E-state index in [0.717, 1.165) is 44.9 Å². The van der Waals surface area contributed by atoms with Crippen molar-refractivity contribution in [2.75, 3.05) is 26.4 Å². The van der Waals surface area contributed by atoms with Gasteiger partial charge in [0.25, 0.3) is 0 Å². The number of carbonyl (C=O) groups excluding carboxylic acids is 2. The second kappa shape index (κ2) is 39.4. The molecular weight excluding hydrogens is 719 g/mol. The molecule has 0 bridgehead atoms. The van der Waals surface area contributed by atoms with Gasteiger partial charge in [0.05, 0.1) is 19.8 Å². The van der Waals surface area contributed by atoms with Crippen LogP contribution in [0.4, 0.5) is 0 Å². The Morgan fingerprint density at radius 2 is 1.13 bits per heavy atom. The average Bonchev–Trinajstić information content (AvgIpc) is 3.17. The van der Waals surface area contributed by atoms with Gasteiger partial charge in [-0.25, -0.2) is 9.36 Å². The van der Waals surface area contributed by atoms with Crippen LogP contribution in [0.25, 0.3) is 0 Å². The monoisotopic (exact) mass is 792 g/mol. The Morgan fingerprint density at radius 3 is 1.69 bits per heavy atom. The predicted molar refractivity (Wildman–Crippen MR) is 223 cm³/mol. The summed E-state index contributed by atoms with van der Waals surface area (Å²) in [5.41, 5.74) is 0. The third kappa shape index (κ3) is 39.2. The van der Waals surface area contributed by atoms with Gasteiger partial charge in [-0.1, -0.05) is 157 Å². The van der Waals surface area contributed by atoms with Gasteiger partial charge in [-0.15, -0.1) is 0 Å². The van der Waals surface area contributed by atoms with Crippen molar-refractivity contribution in [3.8, 4) is 0 Å². The molecule has 0 saturated carbocycles. The lowest BCUT2D eigenvalue weighted by Gasteiger charge is -2.19. The van der Waals surface area contributed by atoms with E-state index in [9.17, 15) is 24.2 Å². The average molecular weight is 793 g/mol.